The van der Waals surface area contributed by atoms with Gasteiger partial charge in [0.25, 0.3) is 5.91 Å². The molecule has 2 amide bonds. The zero-order valence-corrected chi connectivity index (χ0v) is 26.4. The van der Waals surface area contributed by atoms with Crippen molar-refractivity contribution >= 4 is 34.4 Å². The maximum atomic E-state index is 14.3. The number of pyridine rings is 1. The SMILES string of the molecule is C[C@H](NC(=O)c1c(CN2CCC(C(=O)Nc3cccc(C(=O)O)c3)CC2)c(-c2ccccc2)nc2ccccc12)C1CCCCC1. The van der Waals surface area contributed by atoms with Crippen LogP contribution in [-0.4, -0.2) is 51.9 Å². The Morgan fingerprint density at radius 1 is 0.891 bits per heavy atom. The molecule has 6 rings (SSSR count). The van der Waals surface area contributed by atoms with Gasteiger partial charge in [0.2, 0.25) is 5.91 Å². The molecule has 1 saturated heterocycles. The van der Waals surface area contributed by atoms with Crippen LogP contribution in [0, 0.1) is 11.8 Å². The van der Waals surface area contributed by atoms with Gasteiger partial charge in [-0.3, -0.25) is 14.5 Å². The Bertz CT molecular complexity index is 1710. The number of likely N-dealkylation sites (tertiary alicyclic amines) is 1. The highest BCUT2D eigenvalue weighted by Gasteiger charge is 2.30. The second kappa shape index (κ2) is 14.3. The third kappa shape index (κ3) is 7.12. The van der Waals surface area contributed by atoms with Crippen molar-refractivity contribution in [3.8, 4) is 11.3 Å². The minimum Gasteiger partial charge on any atom is -0.478 e. The van der Waals surface area contributed by atoms with E-state index < -0.39 is 5.97 Å². The summed E-state index contributed by atoms with van der Waals surface area (Å²) in [6.45, 7) is 4.06. The standard InChI is InChI=1S/C38H42N4O4/c1-25(26-11-4-2-5-12-26)39-37(44)34-31-17-8-9-18-33(31)41-35(27-13-6-3-7-14-27)32(34)24-42-21-19-28(20-22-42)36(43)40-30-16-10-15-29(23-30)38(45)46/h3,6-10,13-18,23,25-26,28H,2,4-5,11-12,19-22,24H2,1H3,(H,39,44)(H,40,43)(H,45,46)/t25-/m0/s1. The quantitative estimate of drug-likeness (QED) is 0.184. The average Bonchev–Trinajstić information content (AvgIpc) is 3.09. The lowest BCUT2D eigenvalue weighted by Gasteiger charge is -2.33. The normalized spacial score (nSPS) is 17.0. The first-order valence-electron chi connectivity index (χ1n) is 16.5. The third-order valence-electron chi connectivity index (χ3n) is 9.70. The van der Waals surface area contributed by atoms with Gasteiger partial charge in [-0.2, -0.15) is 0 Å². The number of aromatic carboxylic acids is 1. The molecule has 1 atom stereocenters. The molecule has 238 valence electrons. The molecular weight excluding hydrogens is 576 g/mol. The second-order valence-electron chi connectivity index (χ2n) is 12.8. The molecule has 0 spiro atoms. The van der Waals surface area contributed by atoms with Gasteiger partial charge >= 0.3 is 5.97 Å². The largest absolute Gasteiger partial charge is 0.478 e. The number of amides is 2. The molecule has 46 heavy (non-hydrogen) atoms. The first-order valence-corrected chi connectivity index (χ1v) is 16.5. The average molecular weight is 619 g/mol. The monoisotopic (exact) mass is 618 g/mol. The van der Waals surface area contributed by atoms with E-state index in [1.54, 1.807) is 12.1 Å². The van der Waals surface area contributed by atoms with Crippen molar-refractivity contribution in [1.82, 2.24) is 15.2 Å². The molecule has 8 nitrogen and oxygen atoms in total. The van der Waals surface area contributed by atoms with Crippen LogP contribution in [0.2, 0.25) is 0 Å². The highest BCUT2D eigenvalue weighted by Crippen LogP contribution is 2.33. The molecule has 1 saturated carbocycles. The Labute approximate surface area is 270 Å². The summed E-state index contributed by atoms with van der Waals surface area (Å²) >= 11 is 0. The number of piperidine rings is 1. The highest BCUT2D eigenvalue weighted by atomic mass is 16.4. The van der Waals surface area contributed by atoms with Crippen molar-refractivity contribution in [2.75, 3.05) is 18.4 Å². The van der Waals surface area contributed by atoms with E-state index in [1.807, 2.05) is 54.6 Å². The Kier molecular flexibility index (Phi) is 9.73. The number of nitrogens with zero attached hydrogens (tertiary/aromatic N) is 2. The van der Waals surface area contributed by atoms with E-state index in [9.17, 15) is 19.5 Å². The van der Waals surface area contributed by atoms with Gasteiger partial charge in [-0.25, -0.2) is 9.78 Å². The Hall–Kier alpha value is -4.56. The number of carbonyl (C=O) groups excluding carboxylic acids is 2. The number of carbonyl (C=O) groups is 3. The number of benzene rings is 3. The van der Waals surface area contributed by atoms with Crippen LogP contribution in [0.25, 0.3) is 22.2 Å². The van der Waals surface area contributed by atoms with Crippen LogP contribution < -0.4 is 10.6 Å². The molecule has 3 N–H and O–H groups in total. The molecular formula is C38H42N4O4. The zero-order valence-electron chi connectivity index (χ0n) is 26.4. The van der Waals surface area contributed by atoms with E-state index in [2.05, 4.69) is 22.5 Å². The smallest absolute Gasteiger partial charge is 0.335 e. The van der Waals surface area contributed by atoms with Gasteiger partial charge in [-0.05, 0) is 75.9 Å². The molecule has 3 aromatic carbocycles. The van der Waals surface area contributed by atoms with Gasteiger partial charge in [-0.1, -0.05) is 73.9 Å². The van der Waals surface area contributed by atoms with Crippen molar-refractivity contribution in [1.29, 1.82) is 0 Å². The van der Waals surface area contributed by atoms with E-state index in [0.29, 0.717) is 49.6 Å². The summed E-state index contributed by atoms with van der Waals surface area (Å²) in [4.78, 5) is 46.2. The first-order chi connectivity index (χ1) is 22.4. The number of aromatic nitrogens is 1. The van der Waals surface area contributed by atoms with Crippen LogP contribution in [0.1, 0.15) is 78.1 Å². The van der Waals surface area contributed by atoms with Crippen LogP contribution in [-0.2, 0) is 11.3 Å². The molecule has 0 bridgehead atoms. The summed E-state index contributed by atoms with van der Waals surface area (Å²) in [6.07, 6.45) is 7.32. The van der Waals surface area contributed by atoms with Crippen LogP contribution >= 0.6 is 0 Å². The highest BCUT2D eigenvalue weighted by molar-refractivity contribution is 6.09. The van der Waals surface area contributed by atoms with Gasteiger partial charge in [-0.15, -0.1) is 0 Å². The molecule has 2 aliphatic rings. The molecule has 0 unspecified atom stereocenters. The van der Waals surface area contributed by atoms with Gasteiger partial charge in [0.15, 0.2) is 0 Å². The summed E-state index contributed by atoms with van der Waals surface area (Å²) < 4.78 is 0. The number of hydrogen-bond donors (Lipinski definition) is 3. The van der Waals surface area contributed by atoms with Crippen molar-refractivity contribution in [3.63, 3.8) is 0 Å². The van der Waals surface area contributed by atoms with E-state index in [-0.39, 0.29) is 29.3 Å². The lowest BCUT2D eigenvalue weighted by Crippen LogP contribution is -2.40. The maximum absolute atomic E-state index is 14.3. The van der Waals surface area contributed by atoms with Gasteiger partial charge < -0.3 is 15.7 Å². The van der Waals surface area contributed by atoms with E-state index >= 15 is 0 Å². The molecule has 2 heterocycles. The van der Waals surface area contributed by atoms with E-state index in [1.165, 1.54) is 31.4 Å². The topological polar surface area (TPSA) is 112 Å². The van der Waals surface area contributed by atoms with E-state index in [0.717, 1.165) is 40.6 Å². The number of nitrogens with one attached hydrogen (secondary N) is 2. The molecule has 0 radical (unpaired) electrons. The maximum Gasteiger partial charge on any atom is 0.335 e. The third-order valence-corrected chi connectivity index (χ3v) is 9.70. The van der Waals surface area contributed by atoms with Crippen molar-refractivity contribution in [2.24, 2.45) is 11.8 Å². The van der Waals surface area contributed by atoms with Gasteiger partial charge in [0.1, 0.15) is 0 Å². The predicted octanol–water partition coefficient (Wildman–Crippen LogP) is 7.15. The van der Waals surface area contributed by atoms with Crippen molar-refractivity contribution in [2.45, 2.75) is 64.5 Å². The Morgan fingerprint density at radius 2 is 1.61 bits per heavy atom. The fourth-order valence-electron chi connectivity index (χ4n) is 7.08. The fourth-order valence-corrected chi connectivity index (χ4v) is 7.08. The summed E-state index contributed by atoms with van der Waals surface area (Å²) in [6, 6.07) is 24.4. The molecule has 1 aliphatic heterocycles. The molecule has 1 aromatic heterocycles. The van der Waals surface area contributed by atoms with E-state index in [4.69, 9.17) is 4.98 Å². The Morgan fingerprint density at radius 3 is 2.35 bits per heavy atom. The van der Waals surface area contributed by atoms with Gasteiger partial charge in [0, 0.05) is 40.7 Å². The van der Waals surface area contributed by atoms with Gasteiger partial charge in [0.05, 0.1) is 22.3 Å². The lowest BCUT2D eigenvalue weighted by atomic mass is 9.84. The van der Waals surface area contributed by atoms with Crippen LogP contribution in [0.5, 0.6) is 0 Å². The summed E-state index contributed by atoms with van der Waals surface area (Å²) in [7, 11) is 0. The molecule has 2 fully saturated rings. The number of hydrogen-bond acceptors (Lipinski definition) is 5. The number of carboxylic acid groups (broad SMARTS) is 1. The van der Waals surface area contributed by atoms with Crippen molar-refractivity contribution < 1.29 is 19.5 Å². The summed E-state index contributed by atoms with van der Waals surface area (Å²) in [5, 5.41) is 16.5. The molecule has 8 heteroatoms. The fraction of sp³-hybridized carbons (Fsp3) is 0.368. The number of fused-ring (bicyclic) bond motifs is 1. The lowest BCUT2D eigenvalue weighted by molar-refractivity contribution is -0.121. The molecule has 1 aliphatic carbocycles. The summed E-state index contributed by atoms with van der Waals surface area (Å²) in [5.74, 6) is -0.885. The minimum atomic E-state index is -1.03. The Balaban J connectivity index is 1.26. The van der Waals surface area contributed by atoms with Crippen LogP contribution in [0.4, 0.5) is 5.69 Å². The number of carboxylic acids is 1. The van der Waals surface area contributed by atoms with Crippen LogP contribution in [0.3, 0.4) is 0 Å². The second-order valence-corrected chi connectivity index (χ2v) is 12.8. The zero-order chi connectivity index (χ0) is 32.0. The van der Waals surface area contributed by atoms with Crippen LogP contribution in [0.15, 0.2) is 78.9 Å². The predicted molar refractivity (Wildman–Crippen MR) is 181 cm³/mol. The van der Waals surface area contributed by atoms with Crippen molar-refractivity contribution in [3.05, 3.63) is 95.6 Å². The number of para-hydroxylation sites is 1. The first kappa shape index (κ1) is 31.4. The molecule has 4 aromatic rings. The minimum absolute atomic E-state index is 0.0540. The number of rotatable bonds is 9. The number of anilines is 1. The summed E-state index contributed by atoms with van der Waals surface area (Å²) in [5.41, 5.74) is 4.79.